The quantitative estimate of drug-likeness (QED) is 0.577. The molecule has 0 aliphatic carbocycles. The highest BCUT2D eigenvalue weighted by Crippen LogP contribution is 2.32. The third kappa shape index (κ3) is 4.19. The zero-order valence-corrected chi connectivity index (χ0v) is 11.0. The van der Waals surface area contributed by atoms with Crippen LogP contribution in [0.1, 0.15) is 6.42 Å². The van der Waals surface area contributed by atoms with E-state index in [2.05, 4.69) is 4.74 Å². The zero-order chi connectivity index (χ0) is 12.7. The van der Waals surface area contributed by atoms with Gasteiger partial charge in [-0.2, -0.15) is 0 Å². The Hall–Kier alpha value is -1.36. The van der Waals surface area contributed by atoms with Gasteiger partial charge in [-0.1, -0.05) is 0 Å². The molecule has 0 N–H and O–H groups in total. The van der Waals surface area contributed by atoms with E-state index in [9.17, 15) is 4.79 Å². The van der Waals surface area contributed by atoms with Crippen molar-refractivity contribution < 1.29 is 19.0 Å². The molecule has 5 heteroatoms. The molecule has 0 heterocycles. The van der Waals surface area contributed by atoms with Gasteiger partial charge in [0.2, 0.25) is 0 Å². The van der Waals surface area contributed by atoms with Crippen molar-refractivity contribution in [3.05, 3.63) is 18.2 Å². The first-order valence-corrected chi connectivity index (χ1v) is 6.11. The van der Waals surface area contributed by atoms with Gasteiger partial charge in [-0.15, -0.1) is 11.8 Å². The van der Waals surface area contributed by atoms with E-state index in [1.54, 1.807) is 14.2 Å². The standard InChI is InChI=1S/C12H16O4S/c1-14-9-4-5-10(15-2)11(8-9)17-7-6-12(13)16-3/h4-5,8H,6-7H2,1-3H3. The lowest BCUT2D eigenvalue weighted by Gasteiger charge is -2.09. The average molecular weight is 256 g/mol. The van der Waals surface area contributed by atoms with Gasteiger partial charge in [-0.25, -0.2) is 0 Å². The molecule has 0 saturated carbocycles. The minimum Gasteiger partial charge on any atom is -0.497 e. The third-order valence-electron chi connectivity index (χ3n) is 2.16. The monoisotopic (exact) mass is 256 g/mol. The van der Waals surface area contributed by atoms with Crippen LogP contribution < -0.4 is 9.47 Å². The molecule has 94 valence electrons. The molecule has 0 unspecified atom stereocenters. The molecule has 0 saturated heterocycles. The molecule has 0 fully saturated rings. The van der Waals surface area contributed by atoms with Gasteiger partial charge in [0.05, 0.1) is 32.6 Å². The lowest BCUT2D eigenvalue weighted by Crippen LogP contribution is -2.01. The van der Waals surface area contributed by atoms with Crippen LogP contribution in [0.15, 0.2) is 23.1 Å². The molecule has 1 aromatic rings. The number of carbonyl (C=O) groups excluding carboxylic acids is 1. The fraction of sp³-hybridized carbons (Fsp3) is 0.417. The molecule has 0 bridgehead atoms. The molecule has 17 heavy (non-hydrogen) atoms. The van der Waals surface area contributed by atoms with Crippen LogP contribution in [0.3, 0.4) is 0 Å². The summed E-state index contributed by atoms with van der Waals surface area (Å²) >= 11 is 1.54. The van der Waals surface area contributed by atoms with Crippen molar-refractivity contribution in [1.29, 1.82) is 0 Å². The summed E-state index contributed by atoms with van der Waals surface area (Å²) in [6.45, 7) is 0. The van der Waals surface area contributed by atoms with Crippen molar-refractivity contribution in [1.82, 2.24) is 0 Å². The smallest absolute Gasteiger partial charge is 0.306 e. The lowest BCUT2D eigenvalue weighted by atomic mass is 10.3. The fourth-order valence-corrected chi connectivity index (χ4v) is 2.22. The summed E-state index contributed by atoms with van der Waals surface area (Å²) in [6.07, 6.45) is 0.377. The number of benzene rings is 1. The van der Waals surface area contributed by atoms with Crippen molar-refractivity contribution in [3.8, 4) is 11.5 Å². The minimum absolute atomic E-state index is 0.209. The second kappa shape index (κ2) is 7.06. The van der Waals surface area contributed by atoms with E-state index >= 15 is 0 Å². The minimum atomic E-state index is -0.209. The molecule has 0 radical (unpaired) electrons. The van der Waals surface area contributed by atoms with Crippen molar-refractivity contribution in [3.63, 3.8) is 0 Å². The maximum atomic E-state index is 11.0. The van der Waals surface area contributed by atoms with E-state index in [-0.39, 0.29) is 5.97 Å². The van der Waals surface area contributed by atoms with Crippen LogP contribution >= 0.6 is 11.8 Å². The summed E-state index contributed by atoms with van der Waals surface area (Å²) in [5.74, 6) is 1.99. The van der Waals surface area contributed by atoms with E-state index in [1.807, 2.05) is 18.2 Å². The number of carbonyl (C=O) groups is 1. The van der Waals surface area contributed by atoms with E-state index in [4.69, 9.17) is 9.47 Å². The predicted molar refractivity (Wildman–Crippen MR) is 66.9 cm³/mol. The summed E-state index contributed by atoms with van der Waals surface area (Å²) in [5.41, 5.74) is 0. The van der Waals surface area contributed by atoms with Crippen molar-refractivity contribution in [2.45, 2.75) is 11.3 Å². The number of esters is 1. The Balaban J connectivity index is 2.64. The maximum absolute atomic E-state index is 11.0. The largest absolute Gasteiger partial charge is 0.497 e. The van der Waals surface area contributed by atoms with Gasteiger partial charge in [-0.05, 0) is 18.2 Å². The Morgan fingerprint density at radius 3 is 2.59 bits per heavy atom. The first kappa shape index (κ1) is 13.7. The third-order valence-corrected chi connectivity index (χ3v) is 3.20. The first-order chi connectivity index (χ1) is 8.21. The van der Waals surface area contributed by atoms with Gasteiger partial charge in [0.1, 0.15) is 11.5 Å². The summed E-state index contributed by atoms with van der Waals surface area (Å²) < 4.78 is 15.0. The molecule has 0 aliphatic heterocycles. The number of rotatable bonds is 6. The van der Waals surface area contributed by atoms with Crippen LogP contribution in [0, 0.1) is 0 Å². The Morgan fingerprint density at radius 1 is 1.24 bits per heavy atom. The van der Waals surface area contributed by atoms with E-state index in [0.29, 0.717) is 12.2 Å². The van der Waals surface area contributed by atoms with Crippen LogP contribution in [0.5, 0.6) is 11.5 Å². The molecule has 0 aromatic heterocycles. The van der Waals surface area contributed by atoms with Crippen LogP contribution in [0.25, 0.3) is 0 Å². The number of thioether (sulfide) groups is 1. The average Bonchev–Trinajstić information content (AvgIpc) is 2.38. The lowest BCUT2D eigenvalue weighted by molar-refractivity contribution is -0.140. The van der Waals surface area contributed by atoms with Gasteiger partial charge in [-0.3, -0.25) is 4.79 Å². The van der Waals surface area contributed by atoms with Crippen molar-refractivity contribution in [2.75, 3.05) is 27.1 Å². The number of hydrogen-bond acceptors (Lipinski definition) is 5. The topological polar surface area (TPSA) is 44.8 Å². The normalized spacial score (nSPS) is 9.82. The van der Waals surface area contributed by atoms with E-state index in [0.717, 1.165) is 16.4 Å². The Bertz CT molecular complexity index is 379. The van der Waals surface area contributed by atoms with E-state index < -0.39 is 0 Å². The van der Waals surface area contributed by atoms with Crippen LogP contribution in [-0.2, 0) is 9.53 Å². The van der Waals surface area contributed by atoms with Crippen LogP contribution in [-0.4, -0.2) is 33.1 Å². The first-order valence-electron chi connectivity index (χ1n) is 5.13. The maximum Gasteiger partial charge on any atom is 0.306 e. The Morgan fingerprint density at radius 2 is 2.00 bits per heavy atom. The molecule has 0 amide bonds. The number of hydrogen-bond donors (Lipinski definition) is 0. The predicted octanol–water partition coefficient (Wildman–Crippen LogP) is 2.36. The van der Waals surface area contributed by atoms with Gasteiger partial charge in [0.15, 0.2) is 0 Å². The van der Waals surface area contributed by atoms with E-state index in [1.165, 1.54) is 18.9 Å². The molecule has 4 nitrogen and oxygen atoms in total. The molecule has 1 aromatic carbocycles. The Labute approximate surface area is 105 Å². The highest BCUT2D eigenvalue weighted by atomic mass is 32.2. The zero-order valence-electron chi connectivity index (χ0n) is 10.2. The second-order valence-electron chi connectivity index (χ2n) is 3.19. The molecule has 0 atom stereocenters. The molecule has 1 rings (SSSR count). The van der Waals surface area contributed by atoms with Gasteiger partial charge in [0.25, 0.3) is 0 Å². The summed E-state index contributed by atoms with van der Waals surface area (Å²) in [6, 6.07) is 5.57. The molecule has 0 aliphatic rings. The summed E-state index contributed by atoms with van der Waals surface area (Å²) in [7, 11) is 4.62. The van der Waals surface area contributed by atoms with Gasteiger partial charge >= 0.3 is 5.97 Å². The van der Waals surface area contributed by atoms with Crippen LogP contribution in [0.2, 0.25) is 0 Å². The molecular formula is C12H16O4S. The second-order valence-corrected chi connectivity index (χ2v) is 4.33. The van der Waals surface area contributed by atoms with Crippen molar-refractivity contribution >= 4 is 17.7 Å². The summed E-state index contributed by atoms with van der Waals surface area (Å²) in [5, 5.41) is 0. The SMILES string of the molecule is COC(=O)CCSc1cc(OC)ccc1OC. The Kier molecular flexibility index (Phi) is 5.69. The van der Waals surface area contributed by atoms with Crippen LogP contribution in [0.4, 0.5) is 0 Å². The summed E-state index contributed by atoms with van der Waals surface area (Å²) in [4.78, 5) is 11.9. The fourth-order valence-electron chi connectivity index (χ4n) is 1.24. The van der Waals surface area contributed by atoms with Gasteiger partial charge < -0.3 is 14.2 Å². The molecular weight excluding hydrogens is 240 g/mol. The number of ether oxygens (including phenoxy) is 3. The number of methoxy groups -OCH3 is 3. The highest BCUT2D eigenvalue weighted by molar-refractivity contribution is 7.99. The van der Waals surface area contributed by atoms with Crippen molar-refractivity contribution in [2.24, 2.45) is 0 Å². The molecule has 0 spiro atoms. The highest BCUT2D eigenvalue weighted by Gasteiger charge is 2.07. The van der Waals surface area contributed by atoms with Gasteiger partial charge in [0, 0.05) is 5.75 Å².